The zero-order valence-electron chi connectivity index (χ0n) is 15.3. The third-order valence-corrected chi connectivity index (χ3v) is 4.63. The second-order valence-corrected chi connectivity index (χ2v) is 6.56. The first-order valence-corrected chi connectivity index (χ1v) is 8.86. The predicted molar refractivity (Wildman–Crippen MR) is 93.1 cm³/mol. The fourth-order valence-electron chi connectivity index (χ4n) is 3.05. The molecule has 3 aromatic rings. The Labute approximate surface area is 163 Å². The number of alkyl halides is 2. The van der Waals surface area contributed by atoms with Crippen molar-refractivity contribution >= 4 is 11.2 Å². The molecule has 1 fully saturated rings. The molecule has 3 aromatic heterocycles. The summed E-state index contributed by atoms with van der Waals surface area (Å²) >= 11 is 0. The van der Waals surface area contributed by atoms with Gasteiger partial charge in [-0.25, -0.2) is 28.7 Å². The number of nitrogens with zero attached hydrogens (tertiary/aromatic N) is 6. The van der Waals surface area contributed by atoms with Gasteiger partial charge < -0.3 is 19.7 Å². The molecule has 1 aliphatic heterocycles. The summed E-state index contributed by atoms with van der Waals surface area (Å²) in [5.74, 6) is -0.298. The third kappa shape index (κ3) is 3.73. The molecule has 154 valence electrons. The van der Waals surface area contributed by atoms with Crippen LogP contribution in [-0.2, 0) is 11.2 Å². The van der Waals surface area contributed by atoms with E-state index < -0.39 is 36.8 Å². The molecular formula is C17H18F2N6O4. The van der Waals surface area contributed by atoms with Crippen molar-refractivity contribution < 1.29 is 28.5 Å². The van der Waals surface area contributed by atoms with Gasteiger partial charge in [-0.1, -0.05) is 0 Å². The van der Waals surface area contributed by atoms with Crippen molar-refractivity contribution in [3.8, 4) is 5.88 Å². The number of rotatable bonds is 6. The molecular weight excluding hydrogens is 390 g/mol. The number of aliphatic hydroxyl groups excluding tert-OH is 2. The van der Waals surface area contributed by atoms with E-state index in [4.69, 9.17) is 9.47 Å². The van der Waals surface area contributed by atoms with Crippen LogP contribution in [0.25, 0.3) is 11.2 Å². The molecule has 4 rings (SSSR count). The van der Waals surface area contributed by atoms with Gasteiger partial charge in [-0.05, 0) is 12.5 Å². The molecule has 0 unspecified atom stereocenters. The maximum absolute atomic E-state index is 12.5. The molecule has 4 heterocycles. The lowest BCUT2D eigenvalue weighted by molar-refractivity contribution is -0.0299. The Bertz CT molecular complexity index is 986. The molecule has 10 nitrogen and oxygen atoms in total. The number of hydrogen-bond donors (Lipinski definition) is 2. The van der Waals surface area contributed by atoms with Gasteiger partial charge >= 0.3 is 0 Å². The summed E-state index contributed by atoms with van der Waals surface area (Å²) in [6.45, 7) is 1.85. The molecule has 1 saturated heterocycles. The topological polar surface area (TPSA) is 128 Å². The van der Waals surface area contributed by atoms with E-state index in [9.17, 15) is 19.0 Å². The number of ether oxygens (including phenoxy) is 2. The third-order valence-electron chi connectivity index (χ3n) is 4.63. The number of halogens is 2. The molecule has 0 aliphatic carbocycles. The monoisotopic (exact) mass is 408 g/mol. The van der Waals surface area contributed by atoms with E-state index in [-0.39, 0.29) is 12.5 Å². The van der Waals surface area contributed by atoms with Crippen molar-refractivity contribution in [1.82, 2.24) is 29.5 Å². The zero-order valence-corrected chi connectivity index (χ0v) is 15.3. The van der Waals surface area contributed by atoms with Crippen LogP contribution in [0.3, 0.4) is 0 Å². The summed E-state index contributed by atoms with van der Waals surface area (Å²) in [6, 6.07) is 0. The molecule has 0 spiro atoms. The molecule has 0 amide bonds. The first-order chi connectivity index (χ1) is 14.0. The summed E-state index contributed by atoms with van der Waals surface area (Å²) in [5.41, 5.74) is 1.38. The summed E-state index contributed by atoms with van der Waals surface area (Å²) in [7, 11) is 0. The van der Waals surface area contributed by atoms with Crippen molar-refractivity contribution in [2.45, 2.75) is 44.3 Å². The van der Waals surface area contributed by atoms with Crippen LogP contribution in [0.2, 0.25) is 0 Å². The van der Waals surface area contributed by atoms with Crippen molar-refractivity contribution in [2.75, 3.05) is 6.61 Å². The first kappa shape index (κ1) is 19.5. The zero-order chi connectivity index (χ0) is 20.5. The van der Waals surface area contributed by atoms with Crippen molar-refractivity contribution in [3.05, 3.63) is 36.4 Å². The molecule has 29 heavy (non-hydrogen) atoms. The molecule has 1 aliphatic rings. The average molecular weight is 408 g/mol. The second-order valence-electron chi connectivity index (χ2n) is 6.56. The van der Waals surface area contributed by atoms with Crippen molar-refractivity contribution in [1.29, 1.82) is 0 Å². The number of aliphatic hydroxyl groups is 2. The fraction of sp³-hybridized carbons (Fsp3) is 0.471. The summed E-state index contributed by atoms with van der Waals surface area (Å²) < 4.78 is 37.8. The van der Waals surface area contributed by atoms with Crippen LogP contribution in [0.4, 0.5) is 8.78 Å². The number of fused-ring (bicyclic) bond motifs is 1. The largest absolute Gasteiger partial charge is 0.476 e. The Morgan fingerprint density at radius 2 is 1.90 bits per heavy atom. The van der Waals surface area contributed by atoms with E-state index >= 15 is 0 Å². The molecule has 0 saturated carbocycles. The van der Waals surface area contributed by atoms with Crippen LogP contribution in [-0.4, -0.2) is 64.6 Å². The van der Waals surface area contributed by atoms with Crippen molar-refractivity contribution in [2.24, 2.45) is 0 Å². The lowest BCUT2D eigenvalue weighted by Gasteiger charge is -2.16. The molecule has 0 radical (unpaired) electrons. The maximum Gasteiger partial charge on any atom is 0.297 e. The minimum absolute atomic E-state index is 0.189. The number of aromatic nitrogens is 6. The Morgan fingerprint density at radius 1 is 1.14 bits per heavy atom. The Kier molecular flexibility index (Phi) is 5.30. The average Bonchev–Trinajstić information content (AvgIpc) is 3.25. The fourth-order valence-corrected chi connectivity index (χ4v) is 3.05. The highest BCUT2D eigenvalue weighted by atomic mass is 19.3. The number of hydrogen-bond acceptors (Lipinski definition) is 9. The van der Waals surface area contributed by atoms with E-state index in [0.717, 1.165) is 0 Å². The Balaban J connectivity index is 1.47. The van der Waals surface area contributed by atoms with Crippen LogP contribution in [0.5, 0.6) is 5.88 Å². The molecule has 0 bridgehead atoms. The maximum atomic E-state index is 12.5. The Morgan fingerprint density at radius 3 is 2.55 bits per heavy atom. The van der Waals surface area contributed by atoms with Gasteiger partial charge in [0.15, 0.2) is 23.2 Å². The molecule has 4 atom stereocenters. The van der Waals surface area contributed by atoms with Gasteiger partial charge in [0.25, 0.3) is 6.43 Å². The minimum atomic E-state index is -2.71. The van der Waals surface area contributed by atoms with E-state index in [1.54, 1.807) is 6.92 Å². The normalized spacial score (nSPS) is 24.5. The quantitative estimate of drug-likeness (QED) is 0.609. The highest BCUT2D eigenvalue weighted by molar-refractivity contribution is 5.76. The summed E-state index contributed by atoms with van der Waals surface area (Å²) in [5, 5.41) is 20.1. The van der Waals surface area contributed by atoms with Crippen LogP contribution in [0.15, 0.2) is 25.0 Å². The smallest absolute Gasteiger partial charge is 0.297 e. The highest BCUT2D eigenvalue weighted by Crippen LogP contribution is 2.32. The van der Waals surface area contributed by atoms with Crippen LogP contribution < -0.4 is 4.74 Å². The van der Waals surface area contributed by atoms with E-state index in [1.165, 1.54) is 29.6 Å². The predicted octanol–water partition coefficient (Wildman–Crippen LogP) is 0.814. The van der Waals surface area contributed by atoms with Gasteiger partial charge in [0, 0.05) is 18.8 Å². The van der Waals surface area contributed by atoms with Crippen LogP contribution in [0, 0.1) is 0 Å². The Hall–Kier alpha value is -2.83. The lowest BCUT2D eigenvalue weighted by Crippen LogP contribution is -2.30. The van der Waals surface area contributed by atoms with Gasteiger partial charge in [-0.3, -0.25) is 4.57 Å². The van der Waals surface area contributed by atoms with E-state index in [1.807, 2.05) is 0 Å². The molecule has 12 heteroatoms. The van der Waals surface area contributed by atoms with E-state index in [2.05, 4.69) is 24.9 Å². The highest BCUT2D eigenvalue weighted by Gasteiger charge is 2.42. The van der Waals surface area contributed by atoms with Gasteiger partial charge in [0.05, 0.1) is 19.0 Å². The summed E-state index contributed by atoms with van der Waals surface area (Å²) in [6.07, 6.45) is -0.478. The minimum Gasteiger partial charge on any atom is -0.476 e. The van der Waals surface area contributed by atoms with E-state index in [0.29, 0.717) is 23.1 Å². The first-order valence-electron chi connectivity index (χ1n) is 8.86. The van der Waals surface area contributed by atoms with Crippen LogP contribution >= 0.6 is 0 Å². The van der Waals surface area contributed by atoms with Gasteiger partial charge in [-0.2, -0.15) is 4.98 Å². The second kappa shape index (κ2) is 7.89. The SMILES string of the molecule is C[C@H]1O[C@@H](n2cnc3c(OCCc4cnc(C(F)F)nc4)ncnc32)[C@H](O)[C@@H]1O. The van der Waals surface area contributed by atoms with Gasteiger partial charge in [-0.15, -0.1) is 0 Å². The van der Waals surface area contributed by atoms with Crippen LogP contribution in [0.1, 0.15) is 31.0 Å². The molecule has 0 aromatic carbocycles. The van der Waals surface area contributed by atoms with Gasteiger partial charge in [0.2, 0.25) is 5.88 Å². The number of imidazole rings is 1. The molecule has 2 N–H and O–H groups in total. The summed E-state index contributed by atoms with van der Waals surface area (Å²) in [4.78, 5) is 19.7. The van der Waals surface area contributed by atoms with Crippen molar-refractivity contribution in [3.63, 3.8) is 0 Å². The van der Waals surface area contributed by atoms with Gasteiger partial charge in [0.1, 0.15) is 18.5 Å². The standard InChI is InChI=1S/C17H18F2N6O4/c1-8-11(26)12(27)17(29-8)25-7-24-10-15(25)22-6-23-16(10)28-3-2-9-4-20-14(13(18)19)21-5-9/h4-8,11-13,17,26-27H,2-3H2,1H3/t8-,11-,12-,17-/m1/s1. The lowest BCUT2D eigenvalue weighted by atomic mass is 10.1.